The molecule has 0 aromatic heterocycles. The Balaban J connectivity index is 3.27. The van der Waals surface area contributed by atoms with Crippen molar-refractivity contribution >= 4 is 0 Å². The van der Waals surface area contributed by atoms with Crippen molar-refractivity contribution in [2.24, 2.45) is 0 Å². The Morgan fingerprint density at radius 2 is 2.30 bits per heavy atom. The van der Waals surface area contributed by atoms with Crippen molar-refractivity contribution in [3.8, 4) is 6.07 Å². The van der Waals surface area contributed by atoms with Gasteiger partial charge in [0.05, 0.1) is 6.07 Å². The lowest BCUT2D eigenvalue weighted by Crippen LogP contribution is -2.25. The van der Waals surface area contributed by atoms with Gasteiger partial charge in [-0.1, -0.05) is 0 Å². The molecule has 1 unspecified atom stereocenters. The van der Waals surface area contributed by atoms with E-state index in [0.29, 0.717) is 19.5 Å². The van der Waals surface area contributed by atoms with E-state index in [1.54, 1.807) is 0 Å². The second-order valence-electron chi connectivity index (χ2n) is 2.45. The molecule has 0 spiro atoms. The zero-order valence-electron chi connectivity index (χ0n) is 6.47. The third-order valence-electron chi connectivity index (χ3n) is 1.17. The fourth-order valence-electron chi connectivity index (χ4n) is 0.762. The van der Waals surface area contributed by atoms with Crippen LogP contribution in [-0.4, -0.2) is 31.2 Å². The molecule has 0 N–H and O–H groups in total. The highest BCUT2D eigenvalue weighted by molar-refractivity contribution is 4.71. The predicted octanol–water partition coefficient (Wildman–Crippen LogP) is 1.19. The number of halogens is 1. The number of nitriles is 1. The molecular formula is C7H13FN2. The van der Waals surface area contributed by atoms with E-state index >= 15 is 0 Å². The monoisotopic (exact) mass is 144 g/mol. The van der Waals surface area contributed by atoms with E-state index in [-0.39, 0.29) is 0 Å². The molecule has 58 valence electrons. The van der Waals surface area contributed by atoms with Crippen LogP contribution in [0.1, 0.15) is 13.3 Å². The first-order valence-corrected chi connectivity index (χ1v) is 3.36. The zero-order chi connectivity index (χ0) is 7.98. The molecule has 0 saturated carbocycles. The van der Waals surface area contributed by atoms with Crippen LogP contribution in [-0.2, 0) is 0 Å². The van der Waals surface area contributed by atoms with E-state index in [1.165, 1.54) is 6.92 Å². The SMILES string of the molecule is CC(F)CN(C)CCC#N. The first-order chi connectivity index (χ1) is 4.66. The third-order valence-corrected chi connectivity index (χ3v) is 1.17. The second-order valence-corrected chi connectivity index (χ2v) is 2.45. The summed E-state index contributed by atoms with van der Waals surface area (Å²) in [6.45, 7) is 2.59. The van der Waals surface area contributed by atoms with Crippen molar-refractivity contribution in [1.29, 1.82) is 5.26 Å². The standard InChI is InChI=1S/C7H13FN2/c1-7(8)6-10(2)5-3-4-9/h7H,3,5-6H2,1-2H3. The van der Waals surface area contributed by atoms with Gasteiger partial charge in [0.25, 0.3) is 0 Å². The van der Waals surface area contributed by atoms with Crippen LogP contribution in [0.3, 0.4) is 0 Å². The molecule has 0 saturated heterocycles. The van der Waals surface area contributed by atoms with Crippen molar-refractivity contribution < 1.29 is 4.39 Å². The smallest absolute Gasteiger partial charge is 0.110 e. The molecular weight excluding hydrogens is 131 g/mol. The van der Waals surface area contributed by atoms with Gasteiger partial charge in [-0.15, -0.1) is 0 Å². The molecule has 0 aliphatic heterocycles. The van der Waals surface area contributed by atoms with E-state index < -0.39 is 6.17 Å². The van der Waals surface area contributed by atoms with Crippen LogP contribution in [0.25, 0.3) is 0 Å². The first-order valence-electron chi connectivity index (χ1n) is 3.36. The van der Waals surface area contributed by atoms with Gasteiger partial charge in [0.2, 0.25) is 0 Å². The fraction of sp³-hybridized carbons (Fsp3) is 0.857. The minimum absolute atomic E-state index is 0.418. The Morgan fingerprint density at radius 1 is 1.70 bits per heavy atom. The molecule has 3 heteroatoms. The number of nitrogens with zero attached hydrogens (tertiary/aromatic N) is 2. The molecule has 0 bridgehead atoms. The van der Waals surface area contributed by atoms with Crippen LogP contribution in [0.2, 0.25) is 0 Å². The van der Waals surface area contributed by atoms with E-state index in [9.17, 15) is 4.39 Å². The van der Waals surface area contributed by atoms with Gasteiger partial charge in [-0.25, -0.2) is 4.39 Å². The van der Waals surface area contributed by atoms with Crippen LogP contribution in [0.5, 0.6) is 0 Å². The van der Waals surface area contributed by atoms with E-state index in [2.05, 4.69) is 0 Å². The van der Waals surface area contributed by atoms with Crippen LogP contribution >= 0.6 is 0 Å². The van der Waals surface area contributed by atoms with Crippen molar-refractivity contribution in [2.75, 3.05) is 20.1 Å². The number of hydrogen-bond donors (Lipinski definition) is 0. The average Bonchev–Trinajstić information content (AvgIpc) is 1.82. The predicted molar refractivity (Wildman–Crippen MR) is 38.3 cm³/mol. The zero-order valence-corrected chi connectivity index (χ0v) is 6.47. The summed E-state index contributed by atoms with van der Waals surface area (Å²) in [6, 6.07) is 2.01. The maximum absolute atomic E-state index is 12.3. The molecule has 0 aromatic carbocycles. The summed E-state index contributed by atoms with van der Waals surface area (Å²) in [6.07, 6.45) is -0.327. The summed E-state index contributed by atoms with van der Waals surface area (Å²) in [4.78, 5) is 1.81. The van der Waals surface area contributed by atoms with E-state index in [1.807, 2.05) is 18.0 Å². The molecule has 0 radical (unpaired) electrons. The van der Waals surface area contributed by atoms with Gasteiger partial charge >= 0.3 is 0 Å². The molecule has 0 aliphatic rings. The maximum Gasteiger partial charge on any atom is 0.110 e. The lowest BCUT2D eigenvalue weighted by molar-refractivity contribution is 0.237. The highest BCUT2D eigenvalue weighted by atomic mass is 19.1. The van der Waals surface area contributed by atoms with Gasteiger partial charge < -0.3 is 4.90 Å². The van der Waals surface area contributed by atoms with Crippen LogP contribution < -0.4 is 0 Å². The van der Waals surface area contributed by atoms with Gasteiger partial charge in [0, 0.05) is 19.5 Å². The first kappa shape index (κ1) is 9.38. The number of rotatable bonds is 4. The summed E-state index contributed by atoms with van der Waals surface area (Å²) in [7, 11) is 1.81. The highest BCUT2D eigenvalue weighted by Gasteiger charge is 2.02. The Bertz CT molecular complexity index is 117. The number of hydrogen-bond acceptors (Lipinski definition) is 2. The molecule has 0 fully saturated rings. The molecule has 2 nitrogen and oxygen atoms in total. The molecule has 1 atom stereocenters. The minimum Gasteiger partial charge on any atom is -0.302 e. The molecule has 0 heterocycles. The Morgan fingerprint density at radius 3 is 2.70 bits per heavy atom. The van der Waals surface area contributed by atoms with Gasteiger partial charge in [-0.05, 0) is 14.0 Å². The molecule has 0 amide bonds. The van der Waals surface area contributed by atoms with Gasteiger partial charge in [0.1, 0.15) is 6.17 Å². The van der Waals surface area contributed by atoms with Crippen LogP contribution in [0.4, 0.5) is 4.39 Å². The van der Waals surface area contributed by atoms with Crippen molar-refractivity contribution in [3.05, 3.63) is 0 Å². The summed E-state index contributed by atoms with van der Waals surface area (Å²) in [5.74, 6) is 0. The summed E-state index contributed by atoms with van der Waals surface area (Å²) in [5.41, 5.74) is 0. The molecule has 10 heavy (non-hydrogen) atoms. The fourth-order valence-corrected chi connectivity index (χ4v) is 0.762. The molecule has 0 aromatic rings. The summed E-state index contributed by atoms with van der Waals surface area (Å²) >= 11 is 0. The van der Waals surface area contributed by atoms with Crippen molar-refractivity contribution in [1.82, 2.24) is 4.90 Å². The van der Waals surface area contributed by atoms with Gasteiger partial charge in [0.15, 0.2) is 0 Å². The molecule has 0 rings (SSSR count). The maximum atomic E-state index is 12.3. The quantitative estimate of drug-likeness (QED) is 0.592. The Hall–Kier alpha value is -0.620. The summed E-state index contributed by atoms with van der Waals surface area (Å²) in [5, 5.41) is 8.18. The van der Waals surface area contributed by atoms with Crippen LogP contribution in [0, 0.1) is 11.3 Å². The van der Waals surface area contributed by atoms with E-state index in [0.717, 1.165) is 0 Å². The second kappa shape index (κ2) is 5.19. The Labute approximate surface area is 61.2 Å². The minimum atomic E-state index is -0.802. The molecule has 0 aliphatic carbocycles. The van der Waals surface area contributed by atoms with Gasteiger partial charge in [-0.2, -0.15) is 5.26 Å². The topological polar surface area (TPSA) is 27.0 Å². The van der Waals surface area contributed by atoms with E-state index in [4.69, 9.17) is 5.26 Å². The Kier molecular flexibility index (Phi) is 4.87. The lowest BCUT2D eigenvalue weighted by Gasteiger charge is -2.14. The lowest BCUT2D eigenvalue weighted by atomic mass is 10.3. The van der Waals surface area contributed by atoms with Gasteiger partial charge in [-0.3, -0.25) is 0 Å². The third kappa shape index (κ3) is 5.52. The highest BCUT2D eigenvalue weighted by Crippen LogP contribution is 1.93. The number of alkyl halides is 1. The largest absolute Gasteiger partial charge is 0.302 e. The average molecular weight is 144 g/mol. The van der Waals surface area contributed by atoms with Crippen LogP contribution in [0.15, 0.2) is 0 Å². The van der Waals surface area contributed by atoms with Crippen molar-refractivity contribution in [2.45, 2.75) is 19.5 Å². The normalized spacial score (nSPS) is 13.1. The summed E-state index contributed by atoms with van der Waals surface area (Å²) < 4.78 is 12.3. The van der Waals surface area contributed by atoms with Crippen molar-refractivity contribution in [3.63, 3.8) is 0 Å².